The van der Waals surface area contributed by atoms with Crippen LogP contribution in [0.15, 0.2) is 0 Å². The molecule has 4 unspecified atom stereocenters. The molecule has 9 N–H and O–H groups in total. The van der Waals surface area contributed by atoms with Crippen LogP contribution < -0.4 is 27.4 Å². The van der Waals surface area contributed by atoms with Crippen molar-refractivity contribution in [1.29, 1.82) is 0 Å². The third-order valence-electron chi connectivity index (χ3n) is 4.09. The first-order valence-corrected chi connectivity index (χ1v) is 11.4. The van der Waals surface area contributed by atoms with Crippen LogP contribution in [0.2, 0.25) is 0 Å². The number of nitrogens with two attached hydrogens (primary N) is 2. The predicted molar refractivity (Wildman–Crippen MR) is 119 cm³/mol. The summed E-state index contributed by atoms with van der Waals surface area (Å²) in [5.41, 5.74) is 10.9. The van der Waals surface area contributed by atoms with E-state index >= 15 is 0 Å². The number of thiol groups is 1. The van der Waals surface area contributed by atoms with E-state index in [-0.39, 0.29) is 12.2 Å². The van der Waals surface area contributed by atoms with Crippen molar-refractivity contribution >= 4 is 60.0 Å². The van der Waals surface area contributed by atoms with Crippen LogP contribution in [0.4, 0.5) is 0 Å². The summed E-state index contributed by atoms with van der Waals surface area (Å²) in [4.78, 5) is 70.7. The highest BCUT2D eigenvalue weighted by Gasteiger charge is 2.31. The van der Waals surface area contributed by atoms with Crippen molar-refractivity contribution in [1.82, 2.24) is 16.0 Å². The van der Waals surface area contributed by atoms with Crippen molar-refractivity contribution in [2.75, 3.05) is 17.8 Å². The van der Waals surface area contributed by atoms with Crippen molar-refractivity contribution < 1.29 is 39.0 Å². The maximum atomic E-state index is 12.7. The molecule has 0 rings (SSSR count). The van der Waals surface area contributed by atoms with Gasteiger partial charge >= 0.3 is 11.9 Å². The number of hydrogen-bond donors (Lipinski definition) is 8. The van der Waals surface area contributed by atoms with Gasteiger partial charge in [-0.05, 0) is 24.9 Å². The lowest BCUT2D eigenvalue weighted by Gasteiger charge is -2.24. The standard InChI is InChI=1S/C17H29N5O8S2/c1-32-5-4-8(18)14(26)21-10(6-12(19)23)16(28)20-9(2-3-13(24)25)15(27)22-11(7-31)17(29)30/h8-11,31H,2-7,18H2,1H3,(H2,19,23)(H,20,28)(H,21,26)(H,22,27)(H,24,25)(H,29,30). The minimum absolute atomic E-state index is 0.255. The molecule has 32 heavy (non-hydrogen) atoms. The van der Waals surface area contributed by atoms with E-state index in [0.717, 1.165) is 0 Å². The summed E-state index contributed by atoms with van der Waals surface area (Å²) < 4.78 is 0. The predicted octanol–water partition coefficient (Wildman–Crippen LogP) is -2.72. The summed E-state index contributed by atoms with van der Waals surface area (Å²) in [6, 6.07) is -5.27. The van der Waals surface area contributed by atoms with Gasteiger partial charge in [0.15, 0.2) is 0 Å². The van der Waals surface area contributed by atoms with E-state index in [4.69, 9.17) is 21.7 Å². The number of aliphatic carboxylic acids is 2. The minimum atomic E-state index is -1.47. The molecule has 0 aliphatic heterocycles. The summed E-state index contributed by atoms with van der Waals surface area (Å²) in [6.45, 7) is 0. The molecule has 0 aromatic heterocycles. The second-order valence-electron chi connectivity index (χ2n) is 6.70. The van der Waals surface area contributed by atoms with Crippen LogP contribution in [0.5, 0.6) is 0 Å². The molecule has 4 atom stereocenters. The minimum Gasteiger partial charge on any atom is -0.481 e. The van der Waals surface area contributed by atoms with Gasteiger partial charge in [0, 0.05) is 12.2 Å². The first-order chi connectivity index (χ1) is 14.9. The zero-order chi connectivity index (χ0) is 24.8. The zero-order valence-electron chi connectivity index (χ0n) is 17.4. The number of primary amides is 1. The van der Waals surface area contributed by atoms with E-state index < -0.39 is 72.6 Å². The highest BCUT2D eigenvalue weighted by atomic mass is 32.2. The summed E-state index contributed by atoms with van der Waals surface area (Å²) in [7, 11) is 0. The number of amides is 4. The van der Waals surface area contributed by atoms with Crippen LogP contribution in [-0.2, 0) is 28.8 Å². The van der Waals surface area contributed by atoms with Crippen LogP contribution in [0, 0.1) is 0 Å². The molecule has 0 spiro atoms. The van der Waals surface area contributed by atoms with E-state index in [9.17, 15) is 28.8 Å². The maximum Gasteiger partial charge on any atom is 0.327 e. The molecule has 0 radical (unpaired) electrons. The van der Waals surface area contributed by atoms with Gasteiger partial charge in [0.1, 0.15) is 18.1 Å². The van der Waals surface area contributed by atoms with Gasteiger partial charge in [0.05, 0.1) is 12.5 Å². The van der Waals surface area contributed by atoms with Gasteiger partial charge < -0.3 is 37.6 Å². The second kappa shape index (κ2) is 15.3. The molecule has 4 amide bonds. The van der Waals surface area contributed by atoms with Gasteiger partial charge in [-0.3, -0.25) is 24.0 Å². The van der Waals surface area contributed by atoms with Gasteiger partial charge in [-0.1, -0.05) is 0 Å². The highest BCUT2D eigenvalue weighted by molar-refractivity contribution is 7.98. The Morgan fingerprint density at radius 1 is 0.906 bits per heavy atom. The molecule has 0 saturated carbocycles. The third kappa shape index (κ3) is 11.8. The van der Waals surface area contributed by atoms with Gasteiger partial charge in [-0.15, -0.1) is 0 Å². The molecular formula is C17H29N5O8S2. The number of thioether (sulfide) groups is 1. The fraction of sp³-hybridized carbons (Fsp3) is 0.647. The topological polar surface area (TPSA) is 231 Å². The Morgan fingerprint density at radius 2 is 1.44 bits per heavy atom. The Bertz CT molecular complexity index is 708. The molecule has 0 aromatic carbocycles. The summed E-state index contributed by atoms with van der Waals surface area (Å²) in [5, 5.41) is 24.6. The van der Waals surface area contributed by atoms with Gasteiger partial charge in [0.2, 0.25) is 23.6 Å². The molecule has 0 bridgehead atoms. The van der Waals surface area contributed by atoms with Crippen LogP contribution in [0.1, 0.15) is 25.7 Å². The van der Waals surface area contributed by atoms with Crippen LogP contribution in [0.3, 0.4) is 0 Å². The number of carboxylic acids is 2. The number of carbonyl (C=O) groups excluding carboxylic acids is 4. The lowest BCUT2D eigenvalue weighted by atomic mass is 10.1. The Kier molecular flexibility index (Phi) is 14.1. The molecule has 0 aliphatic carbocycles. The Hall–Kier alpha value is -2.52. The van der Waals surface area contributed by atoms with E-state index in [0.29, 0.717) is 12.2 Å². The lowest BCUT2D eigenvalue weighted by molar-refractivity contribution is -0.142. The van der Waals surface area contributed by atoms with E-state index in [1.54, 1.807) is 0 Å². The molecule has 0 aromatic rings. The SMILES string of the molecule is CSCCC(N)C(=O)NC(CC(N)=O)C(=O)NC(CCC(=O)O)C(=O)NC(CS)C(=O)O. The largest absolute Gasteiger partial charge is 0.481 e. The lowest BCUT2D eigenvalue weighted by Crippen LogP contribution is -2.58. The molecule has 15 heteroatoms. The Morgan fingerprint density at radius 3 is 1.91 bits per heavy atom. The first kappa shape index (κ1) is 29.5. The van der Waals surface area contributed by atoms with Crippen LogP contribution in [-0.4, -0.2) is 87.7 Å². The number of carbonyl (C=O) groups is 6. The molecule has 0 fully saturated rings. The number of rotatable bonds is 16. The van der Waals surface area contributed by atoms with Gasteiger partial charge in [0.25, 0.3) is 0 Å². The molecule has 0 saturated heterocycles. The van der Waals surface area contributed by atoms with E-state index in [1.165, 1.54) is 11.8 Å². The molecule has 182 valence electrons. The van der Waals surface area contributed by atoms with Crippen molar-refractivity contribution in [3.8, 4) is 0 Å². The van der Waals surface area contributed by atoms with Crippen LogP contribution in [0.25, 0.3) is 0 Å². The van der Waals surface area contributed by atoms with Gasteiger partial charge in [-0.25, -0.2) is 4.79 Å². The number of hydrogen-bond acceptors (Lipinski definition) is 9. The third-order valence-corrected chi connectivity index (χ3v) is 5.09. The summed E-state index contributed by atoms with van der Waals surface area (Å²) in [5.74, 6) is -5.91. The summed E-state index contributed by atoms with van der Waals surface area (Å²) in [6.07, 6.45) is 0.620. The normalized spacial score (nSPS) is 14.3. The second-order valence-corrected chi connectivity index (χ2v) is 8.05. The molecule has 13 nitrogen and oxygen atoms in total. The zero-order valence-corrected chi connectivity index (χ0v) is 19.1. The smallest absolute Gasteiger partial charge is 0.327 e. The Balaban J connectivity index is 5.45. The van der Waals surface area contributed by atoms with E-state index in [2.05, 4.69) is 28.6 Å². The van der Waals surface area contributed by atoms with Crippen molar-refractivity contribution in [3.63, 3.8) is 0 Å². The maximum absolute atomic E-state index is 12.7. The monoisotopic (exact) mass is 495 g/mol. The first-order valence-electron chi connectivity index (χ1n) is 9.42. The average molecular weight is 496 g/mol. The fourth-order valence-corrected chi connectivity index (χ4v) is 3.07. The quantitative estimate of drug-likeness (QED) is 0.103. The van der Waals surface area contributed by atoms with Crippen molar-refractivity contribution in [2.24, 2.45) is 11.5 Å². The highest BCUT2D eigenvalue weighted by Crippen LogP contribution is 2.04. The number of nitrogens with one attached hydrogen (secondary N) is 3. The molecule has 0 heterocycles. The van der Waals surface area contributed by atoms with Crippen molar-refractivity contribution in [3.05, 3.63) is 0 Å². The van der Waals surface area contributed by atoms with Crippen LogP contribution >= 0.6 is 24.4 Å². The summed E-state index contributed by atoms with van der Waals surface area (Å²) >= 11 is 5.27. The number of carboxylic acid groups (broad SMARTS) is 2. The van der Waals surface area contributed by atoms with E-state index in [1.807, 2.05) is 6.26 Å². The van der Waals surface area contributed by atoms with Crippen molar-refractivity contribution in [2.45, 2.75) is 49.9 Å². The fourth-order valence-electron chi connectivity index (χ4n) is 2.33. The Labute approximate surface area is 194 Å². The average Bonchev–Trinajstić information content (AvgIpc) is 2.71. The molecular weight excluding hydrogens is 466 g/mol. The molecule has 0 aliphatic rings. The van der Waals surface area contributed by atoms with Gasteiger partial charge in [-0.2, -0.15) is 24.4 Å².